The number of carbonyl (C=O) groups is 1. The quantitative estimate of drug-likeness (QED) is 0.270. The Hall–Kier alpha value is -1.80. The van der Waals surface area contributed by atoms with Gasteiger partial charge in [-0.2, -0.15) is 4.39 Å². The Morgan fingerprint density at radius 2 is 1.86 bits per heavy atom. The zero-order valence-corrected chi connectivity index (χ0v) is 19.2. The Morgan fingerprint density at radius 1 is 1.24 bits per heavy atom. The fourth-order valence-electron chi connectivity index (χ4n) is 2.53. The number of hydrogen-bond acceptors (Lipinski definition) is 6. The lowest BCUT2D eigenvalue weighted by molar-refractivity contribution is -0.140. The molecule has 1 aromatic carbocycles. The van der Waals surface area contributed by atoms with E-state index in [1.807, 2.05) is 11.4 Å². The number of benzene rings is 1. The summed E-state index contributed by atoms with van der Waals surface area (Å²) < 4.78 is 39.8. The first kappa shape index (κ1) is 25.2. The van der Waals surface area contributed by atoms with E-state index in [2.05, 4.69) is 44.3 Å². The number of fused-ring (bicyclic) bond motifs is 1. The molecule has 0 N–H and O–H groups in total. The van der Waals surface area contributed by atoms with Gasteiger partial charge in [0.2, 0.25) is 5.83 Å². The van der Waals surface area contributed by atoms with Gasteiger partial charge in [-0.25, -0.2) is 13.5 Å². The number of esters is 1. The first-order chi connectivity index (χ1) is 13.5. The molecule has 29 heavy (non-hydrogen) atoms. The van der Waals surface area contributed by atoms with E-state index >= 15 is 0 Å². The zero-order chi connectivity index (χ0) is 22.2. The number of likely N-dealkylation sites (N-methyl/N-ethyl adjacent to an activating group) is 1. The highest BCUT2D eigenvalue weighted by Crippen LogP contribution is 2.41. The monoisotopic (exact) mass is 430 g/mol. The number of ether oxygens (including phenoxy) is 2. The first-order valence-electron chi connectivity index (χ1n) is 9.74. The third-order valence-corrected chi connectivity index (χ3v) is 4.78. The van der Waals surface area contributed by atoms with Crippen LogP contribution in [-0.4, -0.2) is 42.6 Å². The van der Waals surface area contributed by atoms with Gasteiger partial charge >= 0.3 is 5.97 Å². The summed E-state index contributed by atoms with van der Waals surface area (Å²) in [5.74, 6) is -3.14. The Labute approximate surface area is 177 Å². The first-order valence-corrected chi connectivity index (χ1v) is 10.5. The Bertz CT molecular complexity index is 721. The zero-order valence-electron chi connectivity index (χ0n) is 18.3. The van der Waals surface area contributed by atoms with Gasteiger partial charge in [-0.1, -0.05) is 20.3 Å². The minimum atomic E-state index is -1.22. The molecule has 5 nitrogen and oxygen atoms in total. The minimum absolute atomic E-state index is 0.0406. The van der Waals surface area contributed by atoms with E-state index in [9.17, 15) is 13.6 Å². The Balaban J connectivity index is 0.00000132. The molecule has 0 radical (unpaired) electrons. The maximum atomic E-state index is 14.5. The van der Waals surface area contributed by atoms with Gasteiger partial charge in [0.05, 0.1) is 17.2 Å². The molecule has 1 aliphatic rings. The van der Waals surface area contributed by atoms with Crippen LogP contribution in [-0.2, 0) is 9.53 Å². The van der Waals surface area contributed by atoms with E-state index in [-0.39, 0.29) is 17.9 Å². The van der Waals surface area contributed by atoms with Gasteiger partial charge in [0, 0.05) is 30.8 Å². The summed E-state index contributed by atoms with van der Waals surface area (Å²) in [6, 6.07) is 2.91. The topological polar surface area (TPSA) is 42.0 Å². The molecule has 1 heterocycles. The molecular formula is C21H32F2N2O3S. The molecule has 1 aliphatic heterocycles. The van der Waals surface area contributed by atoms with Crippen molar-refractivity contribution in [3.05, 3.63) is 30.0 Å². The minimum Gasteiger partial charge on any atom is -0.461 e. The van der Waals surface area contributed by atoms with Crippen molar-refractivity contribution in [3.63, 3.8) is 0 Å². The summed E-state index contributed by atoms with van der Waals surface area (Å²) in [6.45, 7) is 13.6. The SMILES string of the molecule is CCC.CCOC(=O)/C(F)=C/Oc1cc2c(cc1F)N(C(C)(C)C)CCN(C)S2. The molecule has 0 saturated carbocycles. The lowest BCUT2D eigenvalue weighted by Crippen LogP contribution is -2.43. The third-order valence-electron chi connectivity index (χ3n) is 3.77. The second kappa shape index (κ2) is 11.4. The average molecular weight is 431 g/mol. The second-order valence-electron chi connectivity index (χ2n) is 7.53. The van der Waals surface area contributed by atoms with Crippen molar-refractivity contribution < 1.29 is 23.0 Å². The molecule has 0 spiro atoms. The van der Waals surface area contributed by atoms with E-state index < -0.39 is 17.6 Å². The fraction of sp³-hybridized carbons (Fsp3) is 0.571. The van der Waals surface area contributed by atoms with Crippen molar-refractivity contribution in [2.24, 2.45) is 0 Å². The maximum Gasteiger partial charge on any atom is 0.370 e. The van der Waals surface area contributed by atoms with Crippen LogP contribution in [0.3, 0.4) is 0 Å². The van der Waals surface area contributed by atoms with Crippen LogP contribution in [0.1, 0.15) is 48.0 Å². The van der Waals surface area contributed by atoms with Gasteiger partial charge in [0.25, 0.3) is 0 Å². The van der Waals surface area contributed by atoms with E-state index in [4.69, 9.17) is 4.74 Å². The lowest BCUT2D eigenvalue weighted by Gasteiger charge is -2.37. The summed E-state index contributed by atoms with van der Waals surface area (Å²) in [5, 5.41) is 0. The van der Waals surface area contributed by atoms with Gasteiger partial charge in [-0.05, 0) is 46.7 Å². The normalized spacial score (nSPS) is 15.1. The second-order valence-corrected chi connectivity index (χ2v) is 8.77. The number of nitrogens with zero attached hydrogens (tertiary/aromatic N) is 2. The van der Waals surface area contributed by atoms with E-state index in [0.29, 0.717) is 6.26 Å². The van der Waals surface area contributed by atoms with Crippen LogP contribution in [0.2, 0.25) is 0 Å². The van der Waals surface area contributed by atoms with Gasteiger partial charge < -0.3 is 14.4 Å². The van der Waals surface area contributed by atoms with Crippen LogP contribution in [0.4, 0.5) is 14.5 Å². The number of halogens is 2. The highest BCUT2D eigenvalue weighted by atomic mass is 32.2. The summed E-state index contributed by atoms with van der Waals surface area (Å²) in [7, 11) is 1.95. The molecule has 0 saturated heterocycles. The van der Waals surface area contributed by atoms with Crippen molar-refractivity contribution in [1.29, 1.82) is 0 Å². The molecule has 0 bridgehead atoms. The van der Waals surface area contributed by atoms with Crippen LogP contribution >= 0.6 is 11.9 Å². The number of carbonyl (C=O) groups excluding carboxylic acids is 1. The molecule has 0 aliphatic carbocycles. The predicted octanol–water partition coefficient (Wildman–Crippen LogP) is 5.55. The molecule has 8 heteroatoms. The van der Waals surface area contributed by atoms with Gasteiger partial charge in [-0.15, -0.1) is 0 Å². The van der Waals surface area contributed by atoms with E-state index in [1.165, 1.54) is 30.5 Å². The third kappa shape index (κ3) is 7.51. The van der Waals surface area contributed by atoms with Crippen molar-refractivity contribution in [2.75, 3.05) is 31.6 Å². The number of hydrogen-bond donors (Lipinski definition) is 0. The van der Waals surface area contributed by atoms with E-state index in [0.717, 1.165) is 23.7 Å². The fourth-order valence-corrected chi connectivity index (χ4v) is 3.46. The largest absolute Gasteiger partial charge is 0.461 e. The highest BCUT2D eigenvalue weighted by molar-refractivity contribution is 7.97. The summed E-state index contributed by atoms with van der Waals surface area (Å²) in [5.41, 5.74) is 0.567. The number of rotatable bonds is 4. The van der Waals surface area contributed by atoms with Gasteiger partial charge in [0.15, 0.2) is 11.6 Å². The van der Waals surface area contributed by atoms with Crippen molar-refractivity contribution in [1.82, 2.24) is 4.31 Å². The van der Waals surface area contributed by atoms with Crippen LogP contribution in [0.15, 0.2) is 29.1 Å². The van der Waals surface area contributed by atoms with Crippen molar-refractivity contribution in [2.45, 2.75) is 58.4 Å². The summed E-state index contributed by atoms with van der Waals surface area (Å²) >= 11 is 1.46. The van der Waals surface area contributed by atoms with Gasteiger partial charge in [-0.3, -0.25) is 0 Å². The van der Waals surface area contributed by atoms with Gasteiger partial charge in [0.1, 0.15) is 6.26 Å². The predicted molar refractivity (Wildman–Crippen MR) is 114 cm³/mol. The molecule has 2 rings (SSSR count). The van der Waals surface area contributed by atoms with Crippen LogP contribution in [0.25, 0.3) is 0 Å². The Kier molecular flexibility index (Phi) is 9.92. The maximum absolute atomic E-state index is 14.5. The lowest BCUT2D eigenvalue weighted by atomic mass is 10.0. The molecule has 0 atom stereocenters. The molecule has 0 unspecified atom stereocenters. The molecule has 0 amide bonds. The number of anilines is 1. The van der Waals surface area contributed by atoms with Crippen molar-refractivity contribution >= 4 is 23.6 Å². The van der Waals surface area contributed by atoms with Crippen LogP contribution in [0.5, 0.6) is 5.75 Å². The standard InChI is InChI=1S/C18H24F2N2O3S.C3H8/c1-6-24-17(23)13(20)11-25-15-10-16-14(9-12(15)19)22(18(2,3)4)8-7-21(5)26-16;1-3-2/h9-11H,6-8H2,1-5H3;3H2,1-2H3/b13-11-;. The molecule has 0 fully saturated rings. The molecule has 1 aromatic rings. The molecule has 0 aromatic heterocycles. The average Bonchev–Trinajstić information content (AvgIpc) is 2.78. The smallest absolute Gasteiger partial charge is 0.370 e. The molecule has 164 valence electrons. The summed E-state index contributed by atoms with van der Waals surface area (Å²) in [6.07, 6.45) is 1.81. The van der Waals surface area contributed by atoms with E-state index in [1.54, 1.807) is 6.92 Å². The van der Waals surface area contributed by atoms with Crippen LogP contribution in [0, 0.1) is 5.82 Å². The highest BCUT2D eigenvalue weighted by Gasteiger charge is 2.29. The molecular weight excluding hydrogens is 398 g/mol. The Morgan fingerprint density at radius 3 is 2.41 bits per heavy atom. The van der Waals surface area contributed by atoms with Crippen LogP contribution < -0.4 is 9.64 Å². The summed E-state index contributed by atoms with van der Waals surface area (Å²) in [4.78, 5) is 14.2. The van der Waals surface area contributed by atoms with Crippen molar-refractivity contribution in [3.8, 4) is 5.75 Å².